The van der Waals surface area contributed by atoms with Crippen molar-refractivity contribution in [2.24, 2.45) is 0 Å². The quantitative estimate of drug-likeness (QED) is 0.304. The lowest BCUT2D eigenvalue weighted by molar-refractivity contribution is -0.116. The summed E-state index contributed by atoms with van der Waals surface area (Å²) in [4.78, 5) is 14.8. The van der Waals surface area contributed by atoms with Crippen molar-refractivity contribution in [1.29, 1.82) is 5.41 Å². The maximum Gasteiger partial charge on any atom is 0.247 e. The monoisotopic (exact) mass is 428 g/mol. The first-order valence-corrected chi connectivity index (χ1v) is 11.0. The number of nitrogens with one attached hydrogen (secondary N) is 2. The fraction of sp³-hybridized carbons (Fsp3) is 0.308. The van der Waals surface area contributed by atoms with Gasteiger partial charge in [0.25, 0.3) is 0 Å². The first kappa shape index (κ1) is 21.7. The number of hydrogen-bond acceptors (Lipinski definition) is 5. The van der Waals surface area contributed by atoms with Gasteiger partial charge in [-0.15, -0.1) is 10.2 Å². The molecule has 0 aliphatic heterocycles. The maximum atomic E-state index is 11.3. The van der Waals surface area contributed by atoms with Crippen LogP contribution in [0, 0.1) is 5.41 Å². The summed E-state index contributed by atoms with van der Waals surface area (Å²) in [5, 5.41) is 17.1. The van der Waals surface area contributed by atoms with Crippen LogP contribution in [0.5, 0.6) is 0 Å². The predicted octanol–water partition coefficient (Wildman–Crippen LogP) is 6.33. The molecule has 0 fully saturated rings. The van der Waals surface area contributed by atoms with Gasteiger partial charge >= 0.3 is 0 Å². The van der Waals surface area contributed by atoms with Crippen molar-refractivity contribution in [1.82, 2.24) is 15.2 Å². The van der Waals surface area contributed by atoms with Crippen LogP contribution >= 0.6 is 0 Å². The third kappa shape index (κ3) is 5.02. The Labute approximate surface area is 187 Å². The summed E-state index contributed by atoms with van der Waals surface area (Å²) in [6.45, 7) is 5.52. The molecule has 2 aromatic heterocycles. The second-order valence-corrected chi connectivity index (χ2v) is 8.58. The molecule has 2 aromatic carbocycles. The normalized spacial score (nSPS) is 12.2. The van der Waals surface area contributed by atoms with Crippen LogP contribution in [0.25, 0.3) is 33.6 Å². The molecule has 164 valence electrons. The van der Waals surface area contributed by atoms with E-state index in [0.29, 0.717) is 23.9 Å². The highest BCUT2D eigenvalue weighted by Gasteiger charge is 2.16. The van der Waals surface area contributed by atoms with Crippen LogP contribution in [0.4, 0.5) is 0 Å². The second kappa shape index (κ2) is 9.30. The number of fused-ring (bicyclic) bond motifs is 1. The summed E-state index contributed by atoms with van der Waals surface area (Å²) in [6, 6.07) is 16.2. The lowest BCUT2D eigenvalue weighted by atomic mass is 10.0. The number of H-pyrrole nitrogens is 1. The molecule has 32 heavy (non-hydrogen) atoms. The smallest absolute Gasteiger partial charge is 0.247 e. The standard InChI is InChI=1S/C26H28N4O2/c1-16(5-4-6-17(2)27)25-29-30-26(32-25)21-11-12-23-22(14-21)15-24(28-23)20-9-7-19(8-10-20)13-18(3)31/h7-12,14-16,27-28H,4-6,13H2,1-3H3/t16-/m0/s1. The van der Waals surface area contributed by atoms with Crippen molar-refractivity contribution in [3.8, 4) is 22.7 Å². The molecule has 6 nitrogen and oxygen atoms in total. The summed E-state index contributed by atoms with van der Waals surface area (Å²) < 4.78 is 5.96. The van der Waals surface area contributed by atoms with E-state index in [1.54, 1.807) is 6.92 Å². The third-order valence-corrected chi connectivity index (χ3v) is 5.64. The largest absolute Gasteiger partial charge is 0.420 e. The van der Waals surface area contributed by atoms with E-state index in [1.807, 2.05) is 43.3 Å². The number of benzene rings is 2. The molecule has 0 saturated carbocycles. The van der Waals surface area contributed by atoms with Gasteiger partial charge in [0.05, 0.1) is 0 Å². The topological polar surface area (TPSA) is 95.6 Å². The fourth-order valence-corrected chi connectivity index (χ4v) is 3.86. The Morgan fingerprint density at radius 1 is 1.06 bits per heavy atom. The molecule has 0 radical (unpaired) electrons. The van der Waals surface area contributed by atoms with E-state index >= 15 is 0 Å². The number of aromatic nitrogens is 3. The highest BCUT2D eigenvalue weighted by Crippen LogP contribution is 2.30. The molecular formula is C26H28N4O2. The Balaban J connectivity index is 1.51. The zero-order valence-corrected chi connectivity index (χ0v) is 18.7. The summed E-state index contributed by atoms with van der Waals surface area (Å²) in [5.74, 6) is 1.50. The highest BCUT2D eigenvalue weighted by atomic mass is 16.4. The van der Waals surface area contributed by atoms with Crippen LogP contribution in [0.3, 0.4) is 0 Å². The highest BCUT2D eigenvalue weighted by molar-refractivity contribution is 5.89. The molecule has 2 N–H and O–H groups in total. The molecule has 2 heterocycles. The van der Waals surface area contributed by atoms with Crippen LogP contribution in [0.15, 0.2) is 52.9 Å². The van der Waals surface area contributed by atoms with E-state index in [4.69, 9.17) is 9.83 Å². The molecule has 0 spiro atoms. The molecule has 4 rings (SSSR count). The van der Waals surface area contributed by atoms with Crippen LogP contribution < -0.4 is 0 Å². The van der Waals surface area contributed by atoms with Gasteiger partial charge in [-0.1, -0.05) is 31.2 Å². The number of ketones is 1. The summed E-state index contributed by atoms with van der Waals surface area (Å²) in [6.07, 6.45) is 3.13. The molecule has 0 aliphatic rings. The van der Waals surface area contributed by atoms with Gasteiger partial charge in [0.15, 0.2) is 0 Å². The van der Waals surface area contributed by atoms with Crippen molar-refractivity contribution in [2.45, 2.75) is 52.4 Å². The van der Waals surface area contributed by atoms with Gasteiger partial charge in [-0.25, -0.2) is 0 Å². The van der Waals surface area contributed by atoms with Crippen LogP contribution in [0.2, 0.25) is 0 Å². The Morgan fingerprint density at radius 3 is 2.53 bits per heavy atom. The molecule has 0 amide bonds. The average Bonchev–Trinajstić information content (AvgIpc) is 3.40. The van der Waals surface area contributed by atoms with Crippen LogP contribution in [0.1, 0.15) is 57.4 Å². The molecular weight excluding hydrogens is 400 g/mol. The lowest BCUT2D eigenvalue weighted by Crippen LogP contribution is -1.96. The minimum Gasteiger partial charge on any atom is -0.420 e. The van der Waals surface area contributed by atoms with Crippen molar-refractivity contribution < 1.29 is 9.21 Å². The molecule has 0 bridgehead atoms. The molecule has 4 aromatic rings. The zero-order chi connectivity index (χ0) is 22.7. The van der Waals surface area contributed by atoms with E-state index in [0.717, 1.165) is 52.5 Å². The number of rotatable bonds is 9. The van der Waals surface area contributed by atoms with Gasteiger partial charge in [0, 0.05) is 40.2 Å². The van der Waals surface area contributed by atoms with Gasteiger partial charge in [0.2, 0.25) is 11.8 Å². The number of aromatic amines is 1. The molecule has 6 heteroatoms. The number of Topliss-reactive ketones (excluding diaryl/α,β-unsaturated/α-hetero) is 1. The van der Waals surface area contributed by atoms with E-state index in [-0.39, 0.29) is 11.7 Å². The molecule has 0 saturated heterocycles. The van der Waals surface area contributed by atoms with Gasteiger partial charge < -0.3 is 14.8 Å². The SMILES string of the molecule is CC(=N)CCC[C@H](C)c1nnc(-c2ccc3[nH]c(-c4ccc(CC(C)=O)cc4)cc3c2)o1. The summed E-state index contributed by atoms with van der Waals surface area (Å²) in [7, 11) is 0. The summed E-state index contributed by atoms with van der Waals surface area (Å²) in [5.41, 5.74) is 5.74. The molecule has 0 unspecified atom stereocenters. The van der Waals surface area contributed by atoms with Crippen molar-refractivity contribution in [3.63, 3.8) is 0 Å². The van der Waals surface area contributed by atoms with Crippen molar-refractivity contribution in [2.75, 3.05) is 0 Å². The first-order chi connectivity index (χ1) is 15.4. The summed E-state index contributed by atoms with van der Waals surface area (Å²) >= 11 is 0. The fourth-order valence-electron chi connectivity index (χ4n) is 3.86. The van der Waals surface area contributed by atoms with E-state index in [2.05, 4.69) is 34.2 Å². The number of nitrogens with zero attached hydrogens (tertiary/aromatic N) is 2. The number of carbonyl (C=O) groups excluding carboxylic acids is 1. The molecule has 1 atom stereocenters. The second-order valence-electron chi connectivity index (χ2n) is 8.58. The Kier molecular flexibility index (Phi) is 6.30. The van der Waals surface area contributed by atoms with Crippen molar-refractivity contribution >= 4 is 22.4 Å². The van der Waals surface area contributed by atoms with E-state index < -0.39 is 0 Å². The molecule has 0 aliphatic carbocycles. The minimum atomic E-state index is 0.163. The van der Waals surface area contributed by atoms with Crippen molar-refractivity contribution in [3.05, 3.63) is 60.0 Å². The minimum absolute atomic E-state index is 0.163. The van der Waals surface area contributed by atoms with Gasteiger partial charge in [-0.2, -0.15) is 0 Å². The lowest BCUT2D eigenvalue weighted by Gasteiger charge is -2.05. The maximum absolute atomic E-state index is 11.3. The Bertz CT molecular complexity index is 1250. The van der Waals surface area contributed by atoms with Crippen LogP contribution in [-0.4, -0.2) is 26.7 Å². The third-order valence-electron chi connectivity index (χ3n) is 5.64. The van der Waals surface area contributed by atoms with Crippen LogP contribution in [-0.2, 0) is 11.2 Å². The van der Waals surface area contributed by atoms with Gasteiger partial charge in [0.1, 0.15) is 5.78 Å². The number of hydrogen-bond donors (Lipinski definition) is 2. The van der Waals surface area contributed by atoms with Gasteiger partial charge in [-0.3, -0.25) is 4.79 Å². The zero-order valence-electron chi connectivity index (χ0n) is 18.7. The average molecular weight is 429 g/mol. The van der Waals surface area contributed by atoms with Gasteiger partial charge in [-0.05, 0) is 68.5 Å². The number of carbonyl (C=O) groups is 1. The predicted molar refractivity (Wildman–Crippen MR) is 127 cm³/mol. The van der Waals surface area contributed by atoms with E-state index in [1.165, 1.54) is 0 Å². The Hall–Kier alpha value is -3.54. The Morgan fingerprint density at radius 2 is 1.81 bits per heavy atom. The van der Waals surface area contributed by atoms with E-state index in [9.17, 15) is 4.79 Å². The first-order valence-electron chi connectivity index (χ1n) is 11.0.